The lowest BCUT2D eigenvalue weighted by Gasteiger charge is -2.22. The number of ether oxygens (including phenoxy) is 2. The first kappa shape index (κ1) is 12.2. The monoisotopic (exact) mass is 244 g/mol. The van der Waals surface area contributed by atoms with Crippen LogP contribution in [0.2, 0.25) is 0 Å². The van der Waals surface area contributed by atoms with Crippen LogP contribution in [0.5, 0.6) is 0 Å². The number of hydrogen-bond acceptors (Lipinski definition) is 4. The van der Waals surface area contributed by atoms with Gasteiger partial charge in [0.2, 0.25) is 0 Å². The van der Waals surface area contributed by atoms with Crippen LogP contribution in [0, 0.1) is 5.89 Å². The predicted molar refractivity (Wildman–Crippen MR) is 62.5 cm³/mol. The molecule has 1 aliphatic carbocycles. The number of nitrogens with one attached hydrogen (secondary N) is 1. The van der Waals surface area contributed by atoms with Crippen LogP contribution in [-0.4, -0.2) is 30.8 Å². The van der Waals surface area contributed by atoms with Gasteiger partial charge in [0, 0.05) is 1.37 Å². The van der Waals surface area contributed by atoms with E-state index in [1.165, 1.54) is 7.11 Å². The van der Waals surface area contributed by atoms with E-state index in [2.05, 4.69) is 10.1 Å². The van der Waals surface area contributed by atoms with Crippen molar-refractivity contribution in [3.05, 3.63) is 0 Å². The van der Waals surface area contributed by atoms with Crippen molar-refractivity contribution < 1.29 is 20.4 Å². The van der Waals surface area contributed by atoms with E-state index in [4.69, 9.17) is 6.11 Å². The van der Waals surface area contributed by atoms with E-state index in [9.17, 15) is 9.59 Å². The molecule has 0 bridgehead atoms. The first-order chi connectivity index (χ1) is 8.15. The second-order valence-corrected chi connectivity index (χ2v) is 5.18. The van der Waals surface area contributed by atoms with Crippen LogP contribution in [0.3, 0.4) is 0 Å². The molecule has 98 valence electrons. The molecule has 1 rings (SSSR count). The molecule has 0 aromatic heterocycles. The summed E-state index contributed by atoms with van der Waals surface area (Å²) in [7, 11) is 1.26. The van der Waals surface area contributed by atoms with Crippen LogP contribution in [0.1, 0.15) is 41.4 Å². The van der Waals surface area contributed by atoms with Crippen molar-refractivity contribution in [3.8, 4) is 0 Å². The van der Waals surface area contributed by atoms with Crippen LogP contribution in [0.25, 0.3) is 0 Å². The van der Waals surface area contributed by atoms with Crippen molar-refractivity contribution in [2.45, 2.75) is 51.7 Å². The predicted octanol–water partition coefficient (Wildman–Crippen LogP) is 1.85. The molecule has 0 radical (unpaired) electrons. The summed E-state index contributed by atoms with van der Waals surface area (Å²) in [5.41, 5.74) is -0.622. The molecule has 1 amide bonds. The molecule has 0 aromatic carbocycles. The number of rotatable bonds is 4. The molecule has 0 aromatic rings. The third-order valence-electron chi connectivity index (χ3n) is 2.27. The fourth-order valence-corrected chi connectivity index (χ4v) is 1.37. The van der Waals surface area contributed by atoms with E-state index in [1.54, 1.807) is 20.8 Å². The lowest BCUT2D eigenvalue weighted by atomic mass is 10.1. The van der Waals surface area contributed by atoms with E-state index in [0.29, 0.717) is 0 Å². The first-order valence-electron chi connectivity index (χ1n) is 6.23. The molecule has 5 nitrogen and oxygen atoms in total. The van der Waals surface area contributed by atoms with Gasteiger partial charge in [-0.25, -0.2) is 9.59 Å². The molecule has 0 spiro atoms. The maximum atomic E-state index is 11.6. The molecular weight excluding hydrogens is 222 g/mol. The molecule has 1 atom stereocenters. The standard InChI is InChI=1S/C12H21NO4/c1-12(2,3)17-11(15)13-9(10(14)16-4)7-8-5-6-8/h8-9H,5-7H2,1-4H3,(H,13,15)/t9-/m0/s1/i8D. The minimum Gasteiger partial charge on any atom is -0.467 e. The van der Waals surface area contributed by atoms with Crippen LogP contribution >= 0.6 is 0 Å². The summed E-state index contributed by atoms with van der Waals surface area (Å²) in [6.07, 6.45) is 1.09. The Morgan fingerprint density at radius 1 is 1.47 bits per heavy atom. The Balaban J connectivity index is 2.55. The summed E-state index contributed by atoms with van der Waals surface area (Å²) in [5.74, 6) is -1.15. The van der Waals surface area contributed by atoms with E-state index in [0.717, 1.165) is 12.8 Å². The average molecular weight is 244 g/mol. The summed E-state index contributed by atoms with van der Waals surface area (Å²) in [6.45, 7) is 5.23. The molecule has 1 aliphatic rings. The largest absolute Gasteiger partial charge is 0.467 e. The van der Waals surface area contributed by atoms with Gasteiger partial charge in [-0.15, -0.1) is 0 Å². The molecule has 1 N–H and O–H groups in total. The van der Waals surface area contributed by atoms with Gasteiger partial charge in [-0.3, -0.25) is 0 Å². The number of carbonyl (C=O) groups excluding carboxylic acids is 2. The fourth-order valence-electron chi connectivity index (χ4n) is 1.37. The van der Waals surface area contributed by atoms with Gasteiger partial charge in [0.15, 0.2) is 0 Å². The van der Waals surface area contributed by atoms with Gasteiger partial charge in [-0.05, 0) is 33.1 Å². The van der Waals surface area contributed by atoms with Gasteiger partial charge in [0.25, 0.3) is 0 Å². The second kappa shape index (κ2) is 5.38. The van der Waals surface area contributed by atoms with Gasteiger partial charge in [-0.2, -0.15) is 0 Å². The molecule has 0 aliphatic heterocycles. The van der Waals surface area contributed by atoms with Gasteiger partial charge in [-0.1, -0.05) is 12.8 Å². The highest BCUT2D eigenvalue weighted by Gasteiger charge is 2.32. The number of carbonyl (C=O) groups is 2. The van der Waals surface area contributed by atoms with Crippen LogP contribution < -0.4 is 5.32 Å². The fraction of sp³-hybridized carbons (Fsp3) is 0.833. The van der Waals surface area contributed by atoms with Crippen molar-refractivity contribution in [1.29, 1.82) is 0 Å². The Bertz CT molecular complexity index is 333. The zero-order valence-corrected chi connectivity index (χ0v) is 10.8. The summed E-state index contributed by atoms with van der Waals surface area (Å²) in [4.78, 5) is 23.1. The van der Waals surface area contributed by atoms with Crippen molar-refractivity contribution in [1.82, 2.24) is 5.32 Å². The zero-order chi connectivity index (χ0) is 14.0. The van der Waals surface area contributed by atoms with Crippen molar-refractivity contribution in [2.75, 3.05) is 7.11 Å². The minimum atomic E-state index is -0.815. The summed E-state index contributed by atoms with van der Waals surface area (Å²) >= 11 is 0. The number of amides is 1. The molecule has 1 fully saturated rings. The highest BCUT2D eigenvalue weighted by Crippen LogP contribution is 2.33. The summed E-state index contributed by atoms with van der Waals surface area (Å²) < 4.78 is 17.6. The Hall–Kier alpha value is -1.26. The molecule has 17 heavy (non-hydrogen) atoms. The van der Waals surface area contributed by atoms with E-state index in [-0.39, 0.29) is 6.42 Å². The van der Waals surface area contributed by atoms with Crippen LogP contribution in [0.4, 0.5) is 4.79 Å². The summed E-state index contributed by atoms with van der Waals surface area (Å²) in [6, 6.07) is -0.815. The van der Waals surface area contributed by atoms with Crippen molar-refractivity contribution in [2.24, 2.45) is 5.89 Å². The molecule has 0 saturated heterocycles. The maximum absolute atomic E-state index is 11.6. The van der Waals surface area contributed by atoms with Crippen molar-refractivity contribution >= 4 is 12.1 Å². The maximum Gasteiger partial charge on any atom is 0.408 e. The topological polar surface area (TPSA) is 64.6 Å². The molecule has 5 heteroatoms. The highest BCUT2D eigenvalue weighted by atomic mass is 16.6. The van der Waals surface area contributed by atoms with Crippen LogP contribution in [0.15, 0.2) is 0 Å². The average Bonchev–Trinajstić information content (AvgIpc) is 2.91. The van der Waals surface area contributed by atoms with Gasteiger partial charge in [0.05, 0.1) is 7.11 Å². The third kappa shape index (κ3) is 5.56. The Kier molecular flexibility index (Phi) is 3.86. The van der Waals surface area contributed by atoms with Gasteiger partial charge >= 0.3 is 12.1 Å². The number of esters is 1. The van der Waals surface area contributed by atoms with E-state index >= 15 is 0 Å². The van der Waals surface area contributed by atoms with Gasteiger partial charge < -0.3 is 14.8 Å². The van der Waals surface area contributed by atoms with E-state index in [1.807, 2.05) is 0 Å². The third-order valence-corrected chi connectivity index (χ3v) is 2.27. The van der Waals surface area contributed by atoms with Crippen LogP contribution in [-0.2, 0) is 14.3 Å². The summed E-state index contributed by atoms with van der Waals surface area (Å²) in [5, 5.41) is 2.47. The highest BCUT2D eigenvalue weighted by molar-refractivity contribution is 5.81. The lowest BCUT2D eigenvalue weighted by molar-refractivity contribution is -0.143. The van der Waals surface area contributed by atoms with E-state index < -0.39 is 29.6 Å². The quantitative estimate of drug-likeness (QED) is 0.766. The Morgan fingerprint density at radius 3 is 2.47 bits per heavy atom. The molecule has 1 saturated carbocycles. The normalized spacial score (nSPS) is 19.9. The minimum absolute atomic E-state index is 0.263. The Morgan fingerprint density at radius 2 is 2.06 bits per heavy atom. The second-order valence-electron chi connectivity index (χ2n) is 5.18. The first-order valence-corrected chi connectivity index (χ1v) is 5.73. The van der Waals surface area contributed by atoms with Gasteiger partial charge in [0.1, 0.15) is 11.6 Å². The SMILES string of the molecule is [2H]C1(C[C@H](NC(=O)OC(C)(C)C)C(=O)OC)CC1. The Labute approximate surface area is 103 Å². The number of hydrogen-bond donors (Lipinski definition) is 1. The lowest BCUT2D eigenvalue weighted by Crippen LogP contribution is -2.44. The molecule has 0 heterocycles. The molecule has 0 unspecified atom stereocenters. The smallest absolute Gasteiger partial charge is 0.408 e. The van der Waals surface area contributed by atoms with Crippen molar-refractivity contribution in [3.63, 3.8) is 0 Å². The number of methoxy groups -OCH3 is 1. The number of alkyl carbamates (subject to hydrolysis) is 1. The zero-order valence-electron chi connectivity index (χ0n) is 11.8. The molecular formula is C12H21NO4.